The molecule has 3 heteroatoms. The summed E-state index contributed by atoms with van der Waals surface area (Å²) >= 11 is 0. The van der Waals surface area contributed by atoms with Crippen LogP contribution in [0.15, 0.2) is 24.3 Å². The molecule has 0 aliphatic carbocycles. The van der Waals surface area contributed by atoms with Gasteiger partial charge in [-0.2, -0.15) is 0 Å². The van der Waals surface area contributed by atoms with Crippen LogP contribution in [0.1, 0.15) is 39.7 Å². The number of nitrogens with zero attached hydrogens (tertiary/aromatic N) is 2. The van der Waals surface area contributed by atoms with Gasteiger partial charge < -0.3 is 9.80 Å². The molecular weight excluding hydrogens is 272 g/mol. The number of hydrogen-bond donors (Lipinski definition) is 0. The molecule has 2 aliphatic heterocycles. The largest absolute Gasteiger partial charge is 0.371 e. The van der Waals surface area contributed by atoms with Crippen molar-refractivity contribution in [2.45, 2.75) is 39.5 Å². The molecule has 2 bridgehead atoms. The quantitative estimate of drug-likeness (QED) is 0.794. The monoisotopic (exact) mass is 300 g/mol. The van der Waals surface area contributed by atoms with E-state index in [1.54, 1.807) is 6.92 Å². The fourth-order valence-electron chi connectivity index (χ4n) is 3.92. The Kier molecular flexibility index (Phi) is 3.92. The molecule has 3 rings (SSSR count). The third kappa shape index (κ3) is 3.13. The van der Waals surface area contributed by atoms with Gasteiger partial charge in [-0.3, -0.25) is 4.79 Å². The first-order chi connectivity index (χ1) is 10.3. The second-order valence-electron chi connectivity index (χ2n) is 8.09. The number of likely N-dealkylation sites (tertiary alicyclic amines) is 1. The van der Waals surface area contributed by atoms with Crippen molar-refractivity contribution in [1.82, 2.24) is 4.90 Å². The van der Waals surface area contributed by atoms with Crippen LogP contribution in [-0.4, -0.2) is 37.0 Å². The Balaban J connectivity index is 1.71. The molecule has 2 atom stereocenters. The van der Waals surface area contributed by atoms with E-state index >= 15 is 0 Å². The molecule has 2 fully saturated rings. The van der Waals surface area contributed by atoms with E-state index in [9.17, 15) is 4.79 Å². The van der Waals surface area contributed by atoms with Crippen LogP contribution in [0, 0.1) is 11.8 Å². The molecule has 2 unspecified atom stereocenters. The zero-order valence-corrected chi connectivity index (χ0v) is 14.3. The number of anilines is 1. The van der Waals surface area contributed by atoms with Crippen LogP contribution in [0.2, 0.25) is 0 Å². The molecule has 120 valence electrons. The number of piperidine rings is 2. The average molecular weight is 300 g/mol. The van der Waals surface area contributed by atoms with E-state index in [0.29, 0.717) is 11.8 Å². The molecule has 0 spiro atoms. The van der Waals surface area contributed by atoms with Gasteiger partial charge in [0.05, 0.1) is 0 Å². The molecule has 2 aliphatic rings. The van der Waals surface area contributed by atoms with Gasteiger partial charge in [-0.15, -0.1) is 0 Å². The van der Waals surface area contributed by atoms with Crippen LogP contribution in [0.3, 0.4) is 0 Å². The van der Waals surface area contributed by atoms with Crippen molar-refractivity contribution in [3.8, 4) is 0 Å². The second-order valence-corrected chi connectivity index (χ2v) is 8.09. The van der Waals surface area contributed by atoms with Gasteiger partial charge in [0.15, 0.2) is 0 Å². The summed E-state index contributed by atoms with van der Waals surface area (Å²) in [7, 11) is 0. The maximum atomic E-state index is 11.6. The number of rotatable bonds is 1. The minimum atomic E-state index is 0.207. The molecule has 2 saturated heterocycles. The molecule has 0 radical (unpaired) electrons. The Hall–Kier alpha value is -1.51. The maximum absolute atomic E-state index is 11.6. The molecular formula is C19H28N2O. The molecule has 1 aromatic rings. The fraction of sp³-hybridized carbons (Fsp3) is 0.632. The highest BCUT2D eigenvalue weighted by Crippen LogP contribution is 2.32. The van der Waals surface area contributed by atoms with Gasteiger partial charge in [0.25, 0.3) is 0 Å². The lowest BCUT2D eigenvalue weighted by Crippen LogP contribution is -2.53. The Bertz CT molecular complexity index is 530. The Morgan fingerprint density at radius 3 is 2.00 bits per heavy atom. The number of hydrogen-bond acceptors (Lipinski definition) is 2. The predicted molar refractivity (Wildman–Crippen MR) is 91.2 cm³/mol. The number of benzene rings is 1. The summed E-state index contributed by atoms with van der Waals surface area (Å²) in [6, 6.07) is 9.07. The zero-order valence-electron chi connectivity index (χ0n) is 14.3. The first kappa shape index (κ1) is 15.4. The summed E-state index contributed by atoms with van der Waals surface area (Å²) in [5.41, 5.74) is 2.93. The fourth-order valence-corrected chi connectivity index (χ4v) is 3.92. The number of fused-ring (bicyclic) bond motifs is 2. The normalized spacial score (nSPS) is 25.3. The summed E-state index contributed by atoms with van der Waals surface area (Å²) in [4.78, 5) is 16.2. The standard InChI is InChI=1S/C19H28N2O/c1-14(22)20-10-15-9-16(11-20)13-21(12-15)18-7-5-17(6-8-18)19(2,3)4/h5-8,15-16H,9-13H2,1-4H3. The number of amides is 1. The summed E-state index contributed by atoms with van der Waals surface area (Å²) in [5, 5.41) is 0. The molecule has 0 N–H and O–H groups in total. The third-order valence-electron chi connectivity index (χ3n) is 5.12. The third-order valence-corrected chi connectivity index (χ3v) is 5.12. The van der Waals surface area contributed by atoms with Gasteiger partial charge in [-0.25, -0.2) is 0 Å². The van der Waals surface area contributed by atoms with E-state index in [-0.39, 0.29) is 11.3 Å². The lowest BCUT2D eigenvalue weighted by molar-refractivity contribution is -0.132. The van der Waals surface area contributed by atoms with E-state index in [1.807, 2.05) is 4.90 Å². The molecule has 22 heavy (non-hydrogen) atoms. The second kappa shape index (κ2) is 5.60. The van der Waals surface area contributed by atoms with Crippen molar-refractivity contribution in [2.24, 2.45) is 11.8 Å². The summed E-state index contributed by atoms with van der Waals surface area (Å²) in [6.07, 6.45) is 1.28. The highest BCUT2D eigenvalue weighted by Gasteiger charge is 2.35. The van der Waals surface area contributed by atoms with Gasteiger partial charge >= 0.3 is 0 Å². The van der Waals surface area contributed by atoms with Crippen molar-refractivity contribution in [2.75, 3.05) is 31.1 Å². The summed E-state index contributed by atoms with van der Waals surface area (Å²) in [6.45, 7) is 12.5. The van der Waals surface area contributed by atoms with Crippen LogP contribution < -0.4 is 4.90 Å². The van der Waals surface area contributed by atoms with Gasteiger partial charge in [-0.1, -0.05) is 32.9 Å². The van der Waals surface area contributed by atoms with Crippen molar-refractivity contribution in [3.05, 3.63) is 29.8 Å². The SMILES string of the molecule is CC(=O)N1CC2CC(C1)CN(c1ccc(C(C)(C)C)cc1)C2. The minimum absolute atomic E-state index is 0.207. The molecule has 0 aromatic heterocycles. The summed E-state index contributed by atoms with van der Waals surface area (Å²) < 4.78 is 0. The van der Waals surface area contributed by atoms with E-state index in [2.05, 4.69) is 49.9 Å². The lowest BCUT2D eigenvalue weighted by Gasteiger charge is -2.46. The number of carbonyl (C=O) groups is 1. The zero-order chi connectivity index (χ0) is 15.9. The molecule has 2 heterocycles. The lowest BCUT2D eigenvalue weighted by atomic mass is 9.84. The van der Waals surface area contributed by atoms with Crippen LogP contribution in [0.5, 0.6) is 0 Å². The van der Waals surface area contributed by atoms with Crippen LogP contribution >= 0.6 is 0 Å². The highest BCUT2D eigenvalue weighted by molar-refractivity contribution is 5.73. The average Bonchev–Trinajstić information content (AvgIpc) is 2.45. The molecule has 3 nitrogen and oxygen atoms in total. The van der Waals surface area contributed by atoms with Crippen molar-refractivity contribution in [3.63, 3.8) is 0 Å². The highest BCUT2D eigenvalue weighted by atomic mass is 16.2. The summed E-state index contributed by atoms with van der Waals surface area (Å²) in [5.74, 6) is 1.48. The molecule has 0 saturated carbocycles. The van der Waals surface area contributed by atoms with Crippen molar-refractivity contribution < 1.29 is 4.79 Å². The first-order valence-electron chi connectivity index (χ1n) is 8.44. The van der Waals surface area contributed by atoms with Crippen LogP contribution in [0.25, 0.3) is 0 Å². The van der Waals surface area contributed by atoms with Crippen LogP contribution in [0.4, 0.5) is 5.69 Å². The topological polar surface area (TPSA) is 23.6 Å². The smallest absolute Gasteiger partial charge is 0.219 e. The Morgan fingerprint density at radius 1 is 1.00 bits per heavy atom. The van der Waals surface area contributed by atoms with Gasteiger partial charge in [0, 0.05) is 38.8 Å². The Morgan fingerprint density at radius 2 is 1.55 bits per heavy atom. The molecule has 1 aromatic carbocycles. The minimum Gasteiger partial charge on any atom is -0.371 e. The maximum Gasteiger partial charge on any atom is 0.219 e. The van der Waals surface area contributed by atoms with Gasteiger partial charge in [-0.05, 0) is 41.4 Å². The number of carbonyl (C=O) groups excluding carboxylic acids is 1. The van der Waals surface area contributed by atoms with E-state index in [4.69, 9.17) is 0 Å². The van der Waals surface area contributed by atoms with E-state index in [1.165, 1.54) is 17.7 Å². The van der Waals surface area contributed by atoms with Crippen molar-refractivity contribution in [1.29, 1.82) is 0 Å². The van der Waals surface area contributed by atoms with Crippen molar-refractivity contribution >= 4 is 11.6 Å². The van der Waals surface area contributed by atoms with Gasteiger partial charge in [0.1, 0.15) is 0 Å². The molecule has 1 amide bonds. The Labute approximate surface area is 134 Å². The van der Waals surface area contributed by atoms with E-state index < -0.39 is 0 Å². The van der Waals surface area contributed by atoms with Crippen LogP contribution in [-0.2, 0) is 10.2 Å². The predicted octanol–water partition coefficient (Wildman–Crippen LogP) is 3.29. The first-order valence-corrected chi connectivity index (χ1v) is 8.44. The van der Waals surface area contributed by atoms with Gasteiger partial charge in [0.2, 0.25) is 5.91 Å². The van der Waals surface area contributed by atoms with E-state index in [0.717, 1.165) is 26.2 Å².